The minimum atomic E-state index is -0.288. The number of morpholine rings is 1. The van der Waals surface area contributed by atoms with Gasteiger partial charge in [0, 0.05) is 44.4 Å². The van der Waals surface area contributed by atoms with Crippen molar-refractivity contribution in [2.45, 2.75) is 25.8 Å². The quantitative estimate of drug-likeness (QED) is 0.613. The smallest absolute Gasteiger partial charge is 0.322 e. The molecule has 168 valence electrons. The molecule has 0 radical (unpaired) electrons. The SMILES string of the molecule is CC(=O)ON1CCC(n2ncc3c(N4CCOCC4)nc(-c4ccc(N)cc4)nc32)CC1. The van der Waals surface area contributed by atoms with Gasteiger partial charge in [-0.2, -0.15) is 5.10 Å². The maximum Gasteiger partial charge on any atom is 0.322 e. The fourth-order valence-electron chi connectivity index (χ4n) is 4.32. The van der Waals surface area contributed by atoms with Crippen molar-refractivity contribution in [2.24, 2.45) is 0 Å². The third-order valence-corrected chi connectivity index (χ3v) is 5.94. The number of hydrogen-bond acceptors (Lipinski definition) is 9. The van der Waals surface area contributed by atoms with Crippen molar-refractivity contribution in [1.29, 1.82) is 0 Å². The number of fused-ring (bicyclic) bond motifs is 1. The maximum absolute atomic E-state index is 11.3. The summed E-state index contributed by atoms with van der Waals surface area (Å²) in [4.78, 5) is 28.6. The molecule has 10 nitrogen and oxygen atoms in total. The number of rotatable bonds is 4. The van der Waals surface area contributed by atoms with Crippen molar-refractivity contribution in [3.05, 3.63) is 30.5 Å². The van der Waals surface area contributed by atoms with Crippen LogP contribution in [0.4, 0.5) is 11.5 Å². The first-order valence-electron chi connectivity index (χ1n) is 11.0. The van der Waals surface area contributed by atoms with Crippen LogP contribution in [0.5, 0.6) is 0 Å². The van der Waals surface area contributed by atoms with Crippen LogP contribution in [0.15, 0.2) is 30.5 Å². The second-order valence-corrected chi connectivity index (χ2v) is 8.16. The van der Waals surface area contributed by atoms with E-state index in [1.54, 1.807) is 5.06 Å². The summed E-state index contributed by atoms with van der Waals surface area (Å²) in [5, 5.41) is 7.38. The number of piperidine rings is 1. The molecule has 5 rings (SSSR count). The molecule has 0 atom stereocenters. The van der Waals surface area contributed by atoms with E-state index < -0.39 is 0 Å². The van der Waals surface area contributed by atoms with Crippen molar-refractivity contribution < 1.29 is 14.4 Å². The lowest BCUT2D eigenvalue weighted by Crippen LogP contribution is -2.37. The van der Waals surface area contributed by atoms with E-state index in [4.69, 9.17) is 30.4 Å². The third-order valence-electron chi connectivity index (χ3n) is 5.94. The highest BCUT2D eigenvalue weighted by Gasteiger charge is 2.27. The van der Waals surface area contributed by atoms with Crippen LogP contribution in [0.25, 0.3) is 22.4 Å². The average Bonchev–Trinajstić information content (AvgIpc) is 3.24. The van der Waals surface area contributed by atoms with Gasteiger partial charge in [0.05, 0.1) is 30.8 Å². The van der Waals surface area contributed by atoms with Crippen LogP contribution in [0.3, 0.4) is 0 Å². The third kappa shape index (κ3) is 4.11. The lowest BCUT2D eigenvalue weighted by atomic mass is 10.1. The molecule has 0 spiro atoms. The van der Waals surface area contributed by atoms with Gasteiger partial charge < -0.3 is 20.2 Å². The summed E-state index contributed by atoms with van der Waals surface area (Å²) in [6.45, 7) is 5.65. The Hall–Kier alpha value is -3.24. The van der Waals surface area contributed by atoms with E-state index in [0.717, 1.165) is 48.3 Å². The number of nitrogens with two attached hydrogens (primary N) is 1. The number of carbonyl (C=O) groups is 1. The Bertz CT molecular complexity index is 1100. The van der Waals surface area contributed by atoms with E-state index in [1.807, 2.05) is 35.1 Å². The van der Waals surface area contributed by atoms with Crippen molar-refractivity contribution in [3.8, 4) is 11.4 Å². The number of hydroxylamine groups is 2. The Morgan fingerprint density at radius 2 is 1.81 bits per heavy atom. The first-order chi connectivity index (χ1) is 15.6. The van der Waals surface area contributed by atoms with Gasteiger partial charge in [-0.15, -0.1) is 5.06 Å². The molecule has 3 aromatic rings. The number of aromatic nitrogens is 4. The first kappa shape index (κ1) is 20.7. The normalized spacial score (nSPS) is 18.2. The van der Waals surface area contributed by atoms with Crippen molar-refractivity contribution in [2.75, 3.05) is 50.0 Å². The summed E-state index contributed by atoms with van der Waals surface area (Å²) in [6, 6.07) is 7.78. The minimum absolute atomic E-state index is 0.172. The predicted molar refractivity (Wildman–Crippen MR) is 120 cm³/mol. The average molecular weight is 438 g/mol. The fraction of sp³-hybridized carbons (Fsp3) is 0.455. The first-order valence-corrected chi connectivity index (χ1v) is 11.0. The van der Waals surface area contributed by atoms with Gasteiger partial charge in [0.2, 0.25) is 0 Å². The van der Waals surface area contributed by atoms with Crippen molar-refractivity contribution in [1.82, 2.24) is 24.8 Å². The maximum atomic E-state index is 11.3. The zero-order chi connectivity index (χ0) is 22.1. The van der Waals surface area contributed by atoms with Gasteiger partial charge in [0.15, 0.2) is 11.5 Å². The highest BCUT2D eigenvalue weighted by atomic mass is 16.7. The number of anilines is 2. The van der Waals surface area contributed by atoms with Crippen LogP contribution in [0.2, 0.25) is 0 Å². The fourth-order valence-corrected chi connectivity index (χ4v) is 4.32. The molecule has 32 heavy (non-hydrogen) atoms. The number of hydrogen-bond donors (Lipinski definition) is 1. The van der Waals surface area contributed by atoms with E-state index in [0.29, 0.717) is 37.8 Å². The molecule has 0 unspecified atom stereocenters. The van der Waals surface area contributed by atoms with Crippen molar-refractivity contribution in [3.63, 3.8) is 0 Å². The van der Waals surface area contributed by atoms with E-state index >= 15 is 0 Å². The zero-order valence-electron chi connectivity index (χ0n) is 18.1. The number of nitrogens with zero attached hydrogens (tertiary/aromatic N) is 6. The molecule has 1 aromatic carbocycles. The molecule has 0 saturated carbocycles. The minimum Gasteiger partial charge on any atom is -0.399 e. The summed E-state index contributed by atoms with van der Waals surface area (Å²) in [7, 11) is 0. The molecular weight excluding hydrogens is 410 g/mol. The molecule has 2 aliphatic heterocycles. The molecular formula is C22H27N7O3. The molecule has 2 aliphatic rings. The van der Waals surface area contributed by atoms with Gasteiger partial charge in [-0.3, -0.25) is 4.79 Å². The molecule has 2 saturated heterocycles. The highest BCUT2D eigenvalue weighted by Crippen LogP contribution is 2.32. The molecule has 0 bridgehead atoms. The molecule has 4 heterocycles. The van der Waals surface area contributed by atoms with Crippen LogP contribution in [-0.4, -0.2) is 70.2 Å². The molecule has 10 heteroatoms. The van der Waals surface area contributed by atoms with Gasteiger partial charge in [-0.1, -0.05) is 0 Å². The van der Waals surface area contributed by atoms with Gasteiger partial charge >= 0.3 is 5.97 Å². The Labute approximate surface area is 185 Å². The second kappa shape index (κ2) is 8.71. The number of ether oxygens (including phenoxy) is 1. The lowest BCUT2D eigenvalue weighted by molar-refractivity contribution is -0.193. The summed E-state index contributed by atoms with van der Waals surface area (Å²) >= 11 is 0. The Morgan fingerprint density at radius 1 is 1.09 bits per heavy atom. The van der Waals surface area contributed by atoms with Gasteiger partial charge in [0.25, 0.3) is 0 Å². The molecule has 0 amide bonds. The summed E-state index contributed by atoms with van der Waals surface area (Å²) in [5.41, 5.74) is 8.31. The van der Waals surface area contributed by atoms with Gasteiger partial charge in [-0.05, 0) is 37.1 Å². The summed E-state index contributed by atoms with van der Waals surface area (Å²) < 4.78 is 7.55. The Balaban J connectivity index is 1.53. The second-order valence-electron chi connectivity index (χ2n) is 8.16. The Morgan fingerprint density at radius 3 is 2.50 bits per heavy atom. The summed E-state index contributed by atoms with van der Waals surface area (Å²) in [6.07, 6.45) is 3.50. The summed E-state index contributed by atoms with van der Waals surface area (Å²) in [5.74, 6) is 1.25. The van der Waals surface area contributed by atoms with Crippen LogP contribution >= 0.6 is 0 Å². The number of benzene rings is 1. The van der Waals surface area contributed by atoms with Crippen LogP contribution in [0, 0.1) is 0 Å². The van der Waals surface area contributed by atoms with Gasteiger partial charge in [-0.25, -0.2) is 14.6 Å². The monoisotopic (exact) mass is 437 g/mol. The number of nitrogen functional groups attached to an aromatic ring is 1. The topological polar surface area (TPSA) is 112 Å². The molecule has 0 aliphatic carbocycles. The van der Waals surface area contributed by atoms with E-state index in [9.17, 15) is 4.79 Å². The zero-order valence-corrected chi connectivity index (χ0v) is 18.1. The predicted octanol–water partition coefficient (Wildman–Crippen LogP) is 2.03. The van der Waals surface area contributed by atoms with Crippen molar-refractivity contribution >= 4 is 28.5 Å². The molecule has 2 N–H and O–H groups in total. The highest BCUT2D eigenvalue weighted by molar-refractivity contribution is 5.89. The van der Waals surface area contributed by atoms with Crippen LogP contribution in [-0.2, 0) is 14.4 Å². The lowest BCUT2D eigenvalue weighted by Gasteiger charge is -2.30. The van der Waals surface area contributed by atoms with Crippen LogP contribution in [0.1, 0.15) is 25.8 Å². The molecule has 2 aromatic heterocycles. The number of carbonyl (C=O) groups excluding carboxylic acids is 1. The van der Waals surface area contributed by atoms with E-state index in [2.05, 4.69) is 4.90 Å². The van der Waals surface area contributed by atoms with Crippen LogP contribution < -0.4 is 10.6 Å². The largest absolute Gasteiger partial charge is 0.399 e. The standard InChI is InChI=1S/C22H27N7O3/c1-15(30)32-28-8-6-18(7-9-28)29-22-19(14-24-29)21(27-10-12-31-13-11-27)25-20(26-22)16-2-4-17(23)5-3-16/h2-5,14,18H,6-13,23H2,1H3. The molecule has 2 fully saturated rings. The van der Waals surface area contributed by atoms with E-state index in [1.165, 1.54) is 6.92 Å². The Kier molecular flexibility index (Phi) is 5.62. The van der Waals surface area contributed by atoms with Gasteiger partial charge in [0.1, 0.15) is 5.82 Å². The van der Waals surface area contributed by atoms with E-state index in [-0.39, 0.29) is 12.0 Å².